The maximum atomic E-state index is 14.0. The number of hydrogen-bond donors (Lipinski definition) is 1. The van der Waals surface area contributed by atoms with Crippen molar-refractivity contribution in [2.24, 2.45) is 0 Å². The molecule has 2 aromatic rings. The van der Waals surface area contributed by atoms with E-state index in [4.69, 9.17) is 0 Å². The Bertz CT molecular complexity index is 707. The molecule has 0 saturated carbocycles. The van der Waals surface area contributed by atoms with Crippen molar-refractivity contribution in [1.82, 2.24) is 4.90 Å². The van der Waals surface area contributed by atoms with Crippen LogP contribution < -0.4 is 5.32 Å². The highest BCUT2D eigenvalue weighted by Crippen LogP contribution is 2.39. The molecule has 0 unspecified atom stereocenters. The van der Waals surface area contributed by atoms with Gasteiger partial charge in [-0.2, -0.15) is 0 Å². The second kappa shape index (κ2) is 7.04. The number of anilines is 1. The third-order valence-electron chi connectivity index (χ3n) is 3.91. The summed E-state index contributed by atoms with van der Waals surface area (Å²) in [7, 11) is 0. The minimum Gasteiger partial charge on any atom is -0.308 e. The largest absolute Gasteiger partial charge is 0.323 e. The number of carbonyl (C=O) groups is 1. The highest BCUT2D eigenvalue weighted by Gasteiger charge is 2.32. The van der Waals surface area contributed by atoms with Crippen LogP contribution in [0.3, 0.4) is 0 Å². The summed E-state index contributed by atoms with van der Waals surface area (Å²) in [6, 6.07) is 14.3. The third kappa shape index (κ3) is 3.50. The molecule has 1 saturated heterocycles. The number of benzene rings is 2. The van der Waals surface area contributed by atoms with Crippen molar-refractivity contribution in [3.05, 3.63) is 65.5 Å². The van der Waals surface area contributed by atoms with E-state index in [0.717, 1.165) is 17.9 Å². The number of hydrogen-bond acceptors (Lipinski definition) is 2. The quantitative estimate of drug-likeness (QED) is 0.887. The molecule has 0 radical (unpaired) electrons. The number of nitrogens with one attached hydrogen (secondary N) is 1. The van der Waals surface area contributed by atoms with Crippen LogP contribution in [0.1, 0.15) is 23.4 Å². The Morgan fingerprint density at radius 3 is 2.91 bits per heavy atom. The van der Waals surface area contributed by atoms with Gasteiger partial charge in [0, 0.05) is 23.5 Å². The van der Waals surface area contributed by atoms with E-state index in [0.29, 0.717) is 12.1 Å². The molecular weight excluding hydrogens is 311 g/mol. The van der Waals surface area contributed by atoms with E-state index >= 15 is 0 Å². The van der Waals surface area contributed by atoms with Crippen LogP contribution in [0.2, 0.25) is 0 Å². The number of aryl methyl sites for hydroxylation is 1. The van der Waals surface area contributed by atoms with Crippen LogP contribution in [0.15, 0.2) is 48.5 Å². The first-order valence-electron chi connectivity index (χ1n) is 7.71. The van der Waals surface area contributed by atoms with Gasteiger partial charge in [0.2, 0.25) is 0 Å². The van der Waals surface area contributed by atoms with Gasteiger partial charge in [0.1, 0.15) is 11.2 Å². The number of nitrogens with zero attached hydrogens (tertiary/aromatic N) is 1. The van der Waals surface area contributed by atoms with Gasteiger partial charge in [-0.1, -0.05) is 37.3 Å². The molecular formula is C18H19FN2OS. The van der Waals surface area contributed by atoms with Gasteiger partial charge in [-0.15, -0.1) is 11.8 Å². The first-order valence-corrected chi connectivity index (χ1v) is 8.76. The molecule has 1 atom stereocenters. The number of rotatable bonds is 3. The Balaban J connectivity index is 1.77. The van der Waals surface area contributed by atoms with Crippen LogP contribution >= 0.6 is 11.8 Å². The molecule has 0 bridgehead atoms. The molecule has 3 rings (SSSR count). The maximum Gasteiger partial charge on any atom is 0.323 e. The van der Waals surface area contributed by atoms with Gasteiger partial charge in [-0.25, -0.2) is 9.18 Å². The van der Waals surface area contributed by atoms with E-state index in [2.05, 4.69) is 12.2 Å². The molecule has 23 heavy (non-hydrogen) atoms. The van der Waals surface area contributed by atoms with Crippen molar-refractivity contribution in [3.63, 3.8) is 0 Å². The fourth-order valence-corrected chi connectivity index (χ4v) is 3.95. The van der Waals surface area contributed by atoms with E-state index < -0.39 is 0 Å². The van der Waals surface area contributed by atoms with Gasteiger partial charge in [-0.3, -0.25) is 0 Å². The molecule has 1 aliphatic rings. The second-order valence-electron chi connectivity index (χ2n) is 5.42. The first kappa shape index (κ1) is 15.9. The minimum absolute atomic E-state index is 0.184. The van der Waals surface area contributed by atoms with Gasteiger partial charge in [0.25, 0.3) is 0 Å². The molecule has 3 nitrogen and oxygen atoms in total. The van der Waals surface area contributed by atoms with Crippen molar-refractivity contribution in [3.8, 4) is 0 Å². The molecule has 0 aromatic heterocycles. The number of halogens is 1. The van der Waals surface area contributed by atoms with Crippen molar-refractivity contribution < 1.29 is 9.18 Å². The maximum absolute atomic E-state index is 14.0. The van der Waals surface area contributed by atoms with Gasteiger partial charge in [0.15, 0.2) is 0 Å². The Morgan fingerprint density at radius 2 is 2.13 bits per heavy atom. The van der Waals surface area contributed by atoms with Gasteiger partial charge in [-0.05, 0) is 30.2 Å². The highest BCUT2D eigenvalue weighted by molar-refractivity contribution is 7.99. The Labute approximate surface area is 139 Å². The van der Waals surface area contributed by atoms with E-state index in [1.165, 1.54) is 11.6 Å². The Morgan fingerprint density at radius 1 is 1.30 bits per heavy atom. The Hall–Kier alpha value is -2.01. The summed E-state index contributed by atoms with van der Waals surface area (Å²) in [4.78, 5) is 14.3. The summed E-state index contributed by atoms with van der Waals surface area (Å²) < 4.78 is 14.0. The standard InChI is InChI=1S/C18H19FN2OS/c1-2-13-6-5-7-14(12-13)20-18(22)21-10-11-23-17(21)15-8-3-4-9-16(15)19/h3-9,12,17H,2,10-11H2,1H3,(H,20,22)/t17-/m1/s1. The van der Waals surface area contributed by atoms with Crippen LogP contribution in [0.5, 0.6) is 0 Å². The lowest BCUT2D eigenvalue weighted by atomic mass is 10.1. The number of urea groups is 1. The van der Waals surface area contributed by atoms with Crippen molar-refractivity contribution in [2.45, 2.75) is 18.7 Å². The molecule has 0 spiro atoms. The lowest BCUT2D eigenvalue weighted by molar-refractivity contribution is 0.213. The predicted octanol–water partition coefficient (Wildman–Crippen LogP) is 4.67. The average molecular weight is 330 g/mol. The number of thioether (sulfide) groups is 1. The first-order chi connectivity index (χ1) is 11.2. The zero-order chi connectivity index (χ0) is 16.2. The summed E-state index contributed by atoms with van der Waals surface area (Å²) in [5, 5.41) is 2.66. The van der Waals surface area contributed by atoms with E-state index in [-0.39, 0.29) is 17.2 Å². The van der Waals surface area contributed by atoms with Gasteiger partial charge >= 0.3 is 6.03 Å². The summed E-state index contributed by atoms with van der Waals surface area (Å²) in [5.41, 5.74) is 2.51. The fourth-order valence-electron chi connectivity index (χ4n) is 2.68. The third-order valence-corrected chi connectivity index (χ3v) is 5.15. The number of amides is 2. The van der Waals surface area contributed by atoms with E-state index in [1.54, 1.807) is 34.9 Å². The zero-order valence-electron chi connectivity index (χ0n) is 13.0. The smallest absolute Gasteiger partial charge is 0.308 e. The molecule has 0 aliphatic carbocycles. The molecule has 1 fully saturated rings. The van der Waals surface area contributed by atoms with Crippen molar-refractivity contribution >= 4 is 23.5 Å². The molecule has 1 aliphatic heterocycles. The molecule has 1 heterocycles. The predicted molar refractivity (Wildman–Crippen MR) is 93.1 cm³/mol. The summed E-state index contributed by atoms with van der Waals surface area (Å²) in [5.74, 6) is 0.541. The lowest BCUT2D eigenvalue weighted by Gasteiger charge is -2.24. The van der Waals surface area contributed by atoms with Gasteiger partial charge < -0.3 is 10.2 Å². The topological polar surface area (TPSA) is 32.3 Å². The normalized spacial score (nSPS) is 17.3. The van der Waals surface area contributed by atoms with E-state index in [9.17, 15) is 9.18 Å². The monoisotopic (exact) mass is 330 g/mol. The van der Waals surface area contributed by atoms with E-state index in [1.807, 2.05) is 24.3 Å². The van der Waals surface area contributed by atoms with Crippen LogP contribution in [0, 0.1) is 5.82 Å². The fraction of sp³-hybridized carbons (Fsp3) is 0.278. The summed E-state index contributed by atoms with van der Waals surface area (Å²) >= 11 is 1.59. The SMILES string of the molecule is CCc1cccc(NC(=O)N2CCS[C@@H]2c2ccccc2F)c1. The molecule has 120 valence electrons. The van der Waals surface area contributed by atoms with Crippen molar-refractivity contribution in [2.75, 3.05) is 17.6 Å². The molecule has 2 aromatic carbocycles. The van der Waals surface area contributed by atoms with Crippen LogP contribution in [-0.2, 0) is 6.42 Å². The molecule has 1 N–H and O–H groups in total. The molecule has 2 amide bonds. The summed E-state index contributed by atoms with van der Waals surface area (Å²) in [6.45, 7) is 2.69. The lowest BCUT2D eigenvalue weighted by Crippen LogP contribution is -2.34. The minimum atomic E-state index is -0.273. The van der Waals surface area contributed by atoms with Crippen LogP contribution in [0.4, 0.5) is 14.9 Å². The van der Waals surface area contributed by atoms with Crippen molar-refractivity contribution in [1.29, 1.82) is 0 Å². The highest BCUT2D eigenvalue weighted by atomic mass is 32.2. The summed E-state index contributed by atoms with van der Waals surface area (Å²) in [6.07, 6.45) is 0.918. The van der Waals surface area contributed by atoms with Crippen LogP contribution in [-0.4, -0.2) is 23.2 Å². The Kier molecular flexibility index (Phi) is 4.86. The number of carbonyl (C=O) groups excluding carboxylic acids is 1. The second-order valence-corrected chi connectivity index (χ2v) is 6.61. The van der Waals surface area contributed by atoms with Crippen LogP contribution in [0.25, 0.3) is 0 Å². The zero-order valence-corrected chi connectivity index (χ0v) is 13.8. The average Bonchev–Trinajstić information content (AvgIpc) is 3.05. The molecule has 5 heteroatoms. The van der Waals surface area contributed by atoms with Gasteiger partial charge in [0.05, 0.1) is 0 Å².